The van der Waals surface area contributed by atoms with E-state index in [1.54, 1.807) is 4.90 Å². The van der Waals surface area contributed by atoms with Gasteiger partial charge in [0.15, 0.2) is 11.8 Å². The molecule has 2 aromatic carbocycles. The number of nitrogens with two attached hydrogens (primary N) is 1. The van der Waals surface area contributed by atoms with Gasteiger partial charge in [-0.05, 0) is 55.5 Å². The van der Waals surface area contributed by atoms with Crippen LogP contribution < -0.4 is 10.5 Å². The van der Waals surface area contributed by atoms with Gasteiger partial charge in [0.05, 0.1) is 17.2 Å². The first kappa shape index (κ1) is 28.5. The molecule has 0 radical (unpaired) electrons. The summed E-state index contributed by atoms with van der Waals surface area (Å²) >= 11 is 0. The molecule has 1 aliphatic rings. The van der Waals surface area contributed by atoms with Crippen LogP contribution in [0.5, 0.6) is 5.75 Å². The number of halogens is 6. The van der Waals surface area contributed by atoms with E-state index < -0.39 is 35.8 Å². The van der Waals surface area contributed by atoms with Gasteiger partial charge < -0.3 is 20.2 Å². The number of amidine groups is 1. The molecule has 0 unspecified atom stereocenters. The fourth-order valence-corrected chi connectivity index (χ4v) is 3.91. The lowest BCUT2D eigenvalue weighted by Gasteiger charge is -2.23. The van der Waals surface area contributed by atoms with E-state index >= 15 is 0 Å². The molecule has 7 nitrogen and oxygen atoms in total. The van der Waals surface area contributed by atoms with Gasteiger partial charge in [-0.25, -0.2) is 4.99 Å². The van der Waals surface area contributed by atoms with E-state index in [1.165, 1.54) is 30.3 Å². The number of nitrogens with zero attached hydrogens (tertiary/aromatic N) is 3. The van der Waals surface area contributed by atoms with Crippen LogP contribution in [0.3, 0.4) is 0 Å². The fraction of sp³-hybridized carbons (Fsp3) is 0.320. The summed E-state index contributed by atoms with van der Waals surface area (Å²) in [5.74, 6) is -0.826. The Bertz CT molecular complexity index is 1210. The number of ether oxygens (including phenoxy) is 1. The number of hydrogen-bond acceptors (Lipinski definition) is 4. The van der Waals surface area contributed by atoms with Gasteiger partial charge in [0, 0.05) is 12.1 Å². The quantitative estimate of drug-likeness (QED) is 0.198. The average Bonchev–Trinajstić information content (AvgIpc) is 3.33. The molecule has 0 saturated carbocycles. The summed E-state index contributed by atoms with van der Waals surface area (Å²) in [7, 11) is 0. The predicted octanol–water partition coefficient (Wildman–Crippen LogP) is 5.55. The van der Waals surface area contributed by atoms with E-state index in [4.69, 9.17) is 20.7 Å². The molecule has 1 atom stereocenters. The lowest BCUT2D eigenvalue weighted by molar-refractivity contribution is -0.139. The first-order valence-electron chi connectivity index (χ1n) is 11.4. The number of guanidine groups is 1. The Kier molecular flexibility index (Phi) is 9.02. The third-order valence-electron chi connectivity index (χ3n) is 5.70. The van der Waals surface area contributed by atoms with Crippen LogP contribution >= 0.6 is 0 Å². The second kappa shape index (κ2) is 12.0. The van der Waals surface area contributed by atoms with E-state index in [0.29, 0.717) is 13.0 Å². The molecule has 2 aromatic rings. The van der Waals surface area contributed by atoms with Crippen molar-refractivity contribution in [3.8, 4) is 5.75 Å². The number of oxime groups is 1. The minimum atomic E-state index is -4.81. The smallest absolute Gasteiger partial charge is 0.419 e. The monoisotopic (exact) mass is 541 g/mol. The van der Waals surface area contributed by atoms with Gasteiger partial charge >= 0.3 is 12.4 Å². The van der Waals surface area contributed by atoms with Gasteiger partial charge in [0.2, 0.25) is 0 Å². The van der Waals surface area contributed by atoms with Crippen molar-refractivity contribution in [1.29, 1.82) is 5.41 Å². The van der Waals surface area contributed by atoms with E-state index in [0.717, 1.165) is 30.7 Å². The number of nitrogens with one attached hydrogen (secondary N) is 1. The summed E-state index contributed by atoms with van der Waals surface area (Å²) in [6.45, 7) is 3.57. The predicted molar refractivity (Wildman–Crippen MR) is 131 cm³/mol. The zero-order valence-corrected chi connectivity index (χ0v) is 20.0. The molecule has 3 rings (SSSR count). The van der Waals surface area contributed by atoms with Crippen molar-refractivity contribution in [3.05, 3.63) is 70.8 Å². The summed E-state index contributed by atoms with van der Waals surface area (Å²) in [5, 5.41) is 11.4. The van der Waals surface area contributed by atoms with Crippen molar-refractivity contribution in [2.45, 2.75) is 31.2 Å². The normalized spacial score (nSPS) is 16.6. The van der Waals surface area contributed by atoms with Crippen molar-refractivity contribution >= 4 is 24.6 Å². The van der Waals surface area contributed by atoms with Crippen molar-refractivity contribution in [3.63, 3.8) is 0 Å². The first-order chi connectivity index (χ1) is 17.9. The Morgan fingerprint density at radius 1 is 1.11 bits per heavy atom. The molecule has 1 saturated heterocycles. The van der Waals surface area contributed by atoms with Gasteiger partial charge in [-0.15, -0.1) is 0 Å². The molecule has 1 aliphatic heterocycles. The molecule has 38 heavy (non-hydrogen) atoms. The number of rotatable bonds is 8. The zero-order valence-electron chi connectivity index (χ0n) is 20.0. The summed E-state index contributed by atoms with van der Waals surface area (Å²) in [4.78, 5) is 10.6. The Morgan fingerprint density at radius 2 is 1.82 bits per heavy atom. The van der Waals surface area contributed by atoms with E-state index in [-0.39, 0.29) is 35.6 Å². The van der Waals surface area contributed by atoms with E-state index in [9.17, 15) is 26.3 Å². The molecule has 0 aromatic heterocycles. The molecule has 3 N–H and O–H groups in total. The van der Waals surface area contributed by atoms with Crippen LogP contribution in [-0.4, -0.2) is 49.2 Å². The van der Waals surface area contributed by atoms with Gasteiger partial charge in [0.25, 0.3) is 0 Å². The summed E-state index contributed by atoms with van der Waals surface area (Å²) in [6, 6.07) is 7.72. The standard InChI is InChI=1S/C25H25F6N5O2/c1-34-22(35-38-15-18-8-4-12-36(18)23(32)33)17-10-11-21(20(14-17)25(29,30)31)37-13-5-7-16-6-2-3-9-19(16)24(26,27)28/h2-3,5-7,9-11,14,18H,1,4,8,12-13,15H2,(H3,32,33)/b7-5+,35-22-/t18-/m0/s1. The van der Waals surface area contributed by atoms with E-state index in [1.807, 2.05) is 0 Å². The van der Waals surface area contributed by atoms with Crippen molar-refractivity contribution < 1.29 is 35.9 Å². The van der Waals surface area contributed by atoms with Crippen LogP contribution in [0.15, 0.2) is 58.7 Å². The van der Waals surface area contributed by atoms with Crippen LogP contribution in [0.4, 0.5) is 26.3 Å². The topological polar surface area (TPSA) is 96.3 Å². The lowest BCUT2D eigenvalue weighted by atomic mass is 10.1. The van der Waals surface area contributed by atoms with Gasteiger partial charge in [-0.1, -0.05) is 29.4 Å². The molecule has 0 amide bonds. The molecule has 1 fully saturated rings. The summed E-state index contributed by atoms with van der Waals surface area (Å²) < 4.78 is 85.8. The molecular formula is C25H25F6N5O2. The third-order valence-corrected chi connectivity index (χ3v) is 5.70. The second-order valence-electron chi connectivity index (χ2n) is 8.25. The molecular weight excluding hydrogens is 516 g/mol. The number of alkyl halides is 6. The Morgan fingerprint density at radius 3 is 2.47 bits per heavy atom. The van der Waals surface area contributed by atoms with Crippen molar-refractivity contribution in [2.75, 3.05) is 19.8 Å². The molecule has 204 valence electrons. The number of benzene rings is 2. The van der Waals surface area contributed by atoms with Crippen molar-refractivity contribution in [2.24, 2.45) is 15.9 Å². The summed E-state index contributed by atoms with van der Waals surface area (Å²) in [6.07, 6.45) is -5.54. The van der Waals surface area contributed by atoms with E-state index in [2.05, 4.69) is 16.9 Å². The number of likely N-dealkylation sites (tertiary alicyclic amines) is 1. The van der Waals surface area contributed by atoms with Crippen LogP contribution in [0.25, 0.3) is 6.08 Å². The van der Waals surface area contributed by atoms with Gasteiger partial charge in [0.1, 0.15) is 19.0 Å². The first-order valence-corrected chi connectivity index (χ1v) is 11.4. The highest BCUT2D eigenvalue weighted by molar-refractivity contribution is 6.01. The lowest BCUT2D eigenvalue weighted by Crippen LogP contribution is -2.41. The van der Waals surface area contributed by atoms with Crippen LogP contribution in [-0.2, 0) is 17.2 Å². The Hall–Kier alpha value is -4.03. The Balaban J connectivity index is 1.73. The van der Waals surface area contributed by atoms with Gasteiger partial charge in [-0.2, -0.15) is 26.3 Å². The molecule has 13 heteroatoms. The minimum absolute atomic E-state index is 0.0378. The minimum Gasteiger partial charge on any atom is -0.489 e. The maximum absolute atomic E-state index is 13.8. The molecule has 0 bridgehead atoms. The zero-order chi connectivity index (χ0) is 27.9. The largest absolute Gasteiger partial charge is 0.489 e. The van der Waals surface area contributed by atoms with Crippen LogP contribution in [0.2, 0.25) is 0 Å². The number of hydrogen-bond donors (Lipinski definition) is 2. The third kappa shape index (κ3) is 7.26. The van der Waals surface area contributed by atoms with Gasteiger partial charge in [-0.3, -0.25) is 5.41 Å². The van der Waals surface area contributed by atoms with Crippen LogP contribution in [0, 0.1) is 5.41 Å². The van der Waals surface area contributed by atoms with Crippen LogP contribution in [0.1, 0.15) is 35.1 Å². The maximum Gasteiger partial charge on any atom is 0.419 e. The second-order valence-corrected chi connectivity index (χ2v) is 8.25. The average molecular weight is 541 g/mol. The molecule has 0 aliphatic carbocycles. The highest BCUT2D eigenvalue weighted by Crippen LogP contribution is 2.37. The summed E-state index contributed by atoms with van der Waals surface area (Å²) in [5.41, 5.74) is 3.35. The highest BCUT2D eigenvalue weighted by atomic mass is 19.4. The highest BCUT2D eigenvalue weighted by Gasteiger charge is 2.35. The molecule has 1 heterocycles. The van der Waals surface area contributed by atoms with Crippen molar-refractivity contribution in [1.82, 2.24) is 4.90 Å². The number of aliphatic imine (C=N–C) groups is 1. The SMILES string of the molecule is C=N/C(=N\OC[C@@H]1CCCN1C(=N)N)c1ccc(OC/C=C/c2ccccc2C(F)(F)F)c(C(F)(F)F)c1. The molecule has 0 spiro atoms. The fourth-order valence-electron chi connectivity index (χ4n) is 3.91. The Labute approximate surface area is 214 Å². The maximum atomic E-state index is 13.8.